The molecule has 1 atom stereocenters. The molecule has 4 nitrogen and oxygen atoms in total. The van der Waals surface area contributed by atoms with Crippen LogP contribution in [0.25, 0.3) is 0 Å². The first-order valence-corrected chi connectivity index (χ1v) is 8.81. The van der Waals surface area contributed by atoms with Gasteiger partial charge in [-0.3, -0.25) is 0 Å². The Hall–Kier alpha value is -2.54. The van der Waals surface area contributed by atoms with Gasteiger partial charge >= 0.3 is 6.18 Å². The third kappa shape index (κ3) is 5.01. The Morgan fingerprint density at radius 3 is 2.33 bits per heavy atom. The second-order valence-electron chi connectivity index (χ2n) is 6.83. The topological polar surface area (TPSA) is 41.4 Å². The molecule has 0 radical (unpaired) electrons. The van der Waals surface area contributed by atoms with Gasteiger partial charge in [0, 0.05) is 31.8 Å². The van der Waals surface area contributed by atoms with E-state index >= 15 is 0 Å². The number of nitrogens with zero attached hydrogens (tertiary/aromatic N) is 2. The molecule has 3 rings (SSSR count). The normalized spacial score (nSPS) is 16.8. The minimum atomic E-state index is -4.29. The average molecular weight is 378 g/mol. The number of oxime groups is 1. The molecule has 2 N–H and O–H groups in total. The molecule has 144 valence electrons. The van der Waals surface area contributed by atoms with Gasteiger partial charge in [0.25, 0.3) is 0 Å². The highest BCUT2D eigenvalue weighted by atomic mass is 19.4. The van der Waals surface area contributed by atoms with Crippen molar-refractivity contribution in [2.45, 2.75) is 25.2 Å². The van der Waals surface area contributed by atoms with Gasteiger partial charge < -0.3 is 15.1 Å². The predicted molar refractivity (Wildman–Crippen MR) is 98.7 cm³/mol. The molecule has 0 spiro atoms. The molecular formula is C20H23F3N3O+. The van der Waals surface area contributed by atoms with E-state index < -0.39 is 11.7 Å². The molecule has 2 aromatic carbocycles. The van der Waals surface area contributed by atoms with Crippen LogP contribution in [-0.4, -0.2) is 32.5 Å². The molecule has 0 amide bonds. The summed E-state index contributed by atoms with van der Waals surface area (Å²) in [5, 5.41) is 6.21. The Bertz CT molecular complexity index is 784. The number of quaternary nitrogens is 1. The van der Waals surface area contributed by atoms with Crippen molar-refractivity contribution in [3.8, 4) is 0 Å². The summed E-state index contributed by atoms with van der Waals surface area (Å²) in [6.07, 6.45) is -3.59. The van der Waals surface area contributed by atoms with Crippen molar-refractivity contribution in [2.75, 3.05) is 25.5 Å². The van der Waals surface area contributed by atoms with Gasteiger partial charge in [-0.15, -0.1) is 0 Å². The van der Waals surface area contributed by atoms with E-state index in [4.69, 9.17) is 4.84 Å². The lowest BCUT2D eigenvalue weighted by Crippen LogP contribution is -2.84. The van der Waals surface area contributed by atoms with E-state index in [1.807, 2.05) is 48.6 Å². The minimum Gasteiger partial charge on any atom is -0.386 e. The minimum absolute atomic E-state index is 0.0250. The molecule has 2 aromatic rings. The van der Waals surface area contributed by atoms with Gasteiger partial charge in [-0.25, -0.2) is 0 Å². The monoisotopic (exact) mass is 378 g/mol. The first kappa shape index (κ1) is 19.2. The number of hydrogen-bond acceptors (Lipinski definition) is 3. The van der Waals surface area contributed by atoms with Crippen molar-refractivity contribution >= 4 is 11.4 Å². The molecule has 0 unspecified atom stereocenters. The molecule has 7 heteroatoms. The molecule has 0 saturated heterocycles. The van der Waals surface area contributed by atoms with E-state index in [-0.39, 0.29) is 6.10 Å². The highest BCUT2D eigenvalue weighted by molar-refractivity contribution is 6.01. The van der Waals surface area contributed by atoms with Gasteiger partial charge in [0.2, 0.25) is 0 Å². The molecule has 0 aromatic heterocycles. The molecule has 1 aliphatic rings. The van der Waals surface area contributed by atoms with Crippen LogP contribution in [0.5, 0.6) is 0 Å². The smallest absolute Gasteiger partial charge is 0.386 e. The van der Waals surface area contributed by atoms with E-state index in [0.29, 0.717) is 13.1 Å². The van der Waals surface area contributed by atoms with Crippen LogP contribution in [0.15, 0.2) is 53.7 Å². The van der Waals surface area contributed by atoms with Crippen LogP contribution in [0.1, 0.15) is 23.1 Å². The first-order valence-electron chi connectivity index (χ1n) is 8.81. The van der Waals surface area contributed by atoms with Crippen molar-refractivity contribution < 1.29 is 23.3 Å². The summed E-state index contributed by atoms with van der Waals surface area (Å²) < 4.78 is 37.7. The second kappa shape index (κ2) is 8.00. The molecule has 0 bridgehead atoms. The lowest BCUT2D eigenvalue weighted by Gasteiger charge is -2.12. The van der Waals surface area contributed by atoms with Crippen molar-refractivity contribution in [3.05, 3.63) is 65.2 Å². The largest absolute Gasteiger partial charge is 0.416 e. The van der Waals surface area contributed by atoms with Gasteiger partial charge in [0.1, 0.15) is 13.1 Å². The van der Waals surface area contributed by atoms with Crippen LogP contribution in [0, 0.1) is 0 Å². The van der Waals surface area contributed by atoms with Crippen molar-refractivity contribution in [2.24, 2.45) is 5.16 Å². The third-order valence-corrected chi connectivity index (χ3v) is 4.54. The molecule has 1 aliphatic heterocycles. The fraction of sp³-hybridized carbons (Fsp3) is 0.350. The standard InChI is InChI=1S/C20H22F3N3O/c1-26(2)17-9-5-15(6-10-17)19-11-18(27-25-19)13-24-12-14-3-7-16(8-4-14)20(21,22)23/h3-10,18,24H,11-13H2,1-2H3/p+1/t18-/m0/s1. The highest BCUT2D eigenvalue weighted by Crippen LogP contribution is 2.29. The predicted octanol–water partition coefficient (Wildman–Crippen LogP) is 3.03. The van der Waals surface area contributed by atoms with Gasteiger partial charge in [-0.2, -0.15) is 13.2 Å². The zero-order chi connectivity index (χ0) is 19.4. The Morgan fingerprint density at radius 2 is 1.74 bits per heavy atom. The summed E-state index contributed by atoms with van der Waals surface area (Å²) in [4.78, 5) is 7.53. The maximum atomic E-state index is 12.6. The summed E-state index contributed by atoms with van der Waals surface area (Å²) >= 11 is 0. The zero-order valence-electron chi connectivity index (χ0n) is 15.3. The third-order valence-electron chi connectivity index (χ3n) is 4.54. The molecule has 0 aliphatic carbocycles. The van der Waals surface area contributed by atoms with Gasteiger partial charge in [-0.05, 0) is 29.8 Å². The SMILES string of the molecule is CN(C)c1ccc(C2=NO[C@H](C[NH2+]Cc3ccc(C(F)(F)F)cc3)C2)cc1. The van der Waals surface area contributed by atoms with Crippen LogP contribution < -0.4 is 10.2 Å². The van der Waals surface area contributed by atoms with Gasteiger partial charge in [-0.1, -0.05) is 29.4 Å². The highest BCUT2D eigenvalue weighted by Gasteiger charge is 2.30. The maximum absolute atomic E-state index is 12.6. The molecular weight excluding hydrogens is 355 g/mol. The van der Waals surface area contributed by atoms with Crippen LogP contribution >= 0.6 is 0 Å². The second-order valence-corrected chi connectivity index (χ2v) is 6.83. The summed E-state index contributed by atoms with van der Waals surface area (Å²) in [6, 6.07) is 13.4. The average Bonchev–Trinajstić information content (AvgIpc) is 3.10. The van der Waals surface area contributed by atoms with Crippen LogP contribution in [0.3, 0.4) is 0 Å². The molecule has 27 heavy (non-hydrogen) atoms. The number of nitrogens with two attached hydrogens (primary N) is 1. The number of alkyl halides is 3. The summed E-state index contributed by atoms with van der Waals surface area (Å²) in [5.41, 5.74) is 3.32. The van der Waals surface area contributed by atoms with Crippen LogP contribution in [0.4, 0.5) is 18.9 Å². The first-order chi connectivity index (χ1) is 12.8. The number of rotatable bonds is 6. The molecule has 0 fully saturated rings. The van der Waals surface area contributed by atoms with Gasteiger partial charge in [0.05, 0.1) is 11.3 Å². The van der Waals surface area contributed by atoms with E-state index in [0.717, 1.165) is 41.1 Å². The Kier molecular flexibility index (Phi) is 5.70. The number of hydrogen-bond donors (Lipinski definition) is 1. The van der Waals surface area contributed by atoms with Gasteiger partial charge in [0.15, 0.2) is 6.10 Å². The zero-order valence-corrected chi connectivity index (χ0v) is 15.3. The maximum Gasteiger partial charge on any atom is 0.416 e. The number of anilines is 1. The van der Waals surface area contributed by atoms with E-state index in [2.05, 4.69) is 5.16 Å². The van der Waals surface area contributed by atoms with E-state index in [1.165, 1.54) is 12.1 Å². The lowest BCUT2D eigenvalue weighted by atomic mass is 10.0. The van der Waals surface area contributed by atoms with E-state index in [9.17, 15) is 13.2 Å². The Morgan fingerprint density at radius 1 is 1.07 bits per heavy atom. The lowest BCUT2D eigenvalue weighted by molar-refractivity contribution is -0.676. The quantitative estimate of drug-likeness (QED) is 0.840. The van der Waals surface area contributed by atoms with Crippen molar-refractivity contribution in [3.63, 3.8) is 0 Å². The number of halogens is 3. The number of benzene rings is 2. The summed E-state index contributed by atoms with van der Waals surface area (Å²) in [6.45, 7) is 1.30. The molecule has 1 heterocycles. The summed E-state index contributed by atoms with van der Waals surface area (Å²) in [7, 11) is 3.99. The fourth-order valence-electron chi connectivity index (χ4n) is 2.94. The fourth-order valence-corrected chi connectivity index (χ4v) is 2.94. The molecule has 0 saturated carbocycles. The summed E-state index contributed by atoms with van der Waals surface area (Å²) in [5.74, 6) is 0. The van der Waals surface area contributed by atoms with Crippen molar-refractivity contribution in [1.29, 1.82) is 0 Å². The van der Waals surface area contributed by atoms with Crippen molar-refractivity contribution in [1.82, 2.24) is 0 Å². The van der Waals surface area contributed by atoms with Crippen LogP contribution in [-0.2, 0) is 17.6 Å². The van der Waals surface area contributed by atoms with Crippen LogP contribution in [0.2, 0.25) is 0 Å². The van der Waals surface area contributed by atoms with E-state index in [1.54, 1.807) is 0 Å². The Labute approximate surface area is 156 Å². The Balaban J connectivity index is 1.46.